The number of aryl methyl sites for hydroxylation is 6. The van der Waals surface area contributed by atoms with Gasteiger partial charge in [-0.2, -0.15) is 30.2 Å². The number of hydrogen-bond acceptors (Lipinski definition) is 22. The van der Waals surface area contributed by atoms with Crippen molar-refractivity contribution in [3.05, 3.63) is 119 Å². The van der Waals surface area contributed by atoms with E-state index >= 15 is 0 Å². The molecule has 14 N–H and O–H groups in total. The van der Waals surface area contributed by atoms with Crippen molar-refractivity contribution >= 4 is 101 Å². The molecule has 0 amide bonds. The second-order valence-electron chi connectivity index (χ2n) is 15.9. The molecule has 2 aromatic heterocycles. The molecule has 0 fully saturated rings. The third-order valence-corrected chi connectivity index (χ3v) is 12.3. The second kappa shape index (κ2) is 19.1. The van der Waals surface area contributed by atoms with Crippen LogP contribution < -0.4 is 22.1 Å². The Morgan fingerprint density at radius 2 is 0.899 bits per heavy atom. The first-order chi connectivity index (χ1) is 32.7. The summed E-state index contributed by atoms with van der Waals surface area (Å²) in [7, 11) is -8.13. The molecule has 0 aliphatic heterocycles. The topological polar surface area (TPSA) is 365 Å². The molecule has 8 aromatic rings. The Hall–Kier alpha value is -7.68. The van der Waals surface area contributed by atoms with E-state index in [0.29, 0.717) is 88.0 Å². The van der Waals surface area contributed by atoms with Gasteiger partial charge in [-0.15, -0.1) is 10.2 Å². The highest BCUT2D eigenvalue weighted by molar-refractivity contribution is 8.19. The predicted molar refractivity (Wildman–Crippen MR) is 266 cm³/mol. The van der Waals surface area contributed by atoms with Gasteiger partial charge in [0.1, 0.15) is 67.9 Å². The maximum atomic E-state index is 10.7. The van der Waals surface area contributed by atoms with Gasteiger partial charge in [0, 0.05) is 24.2 Å². The zero-order valence-electron chi connectivity index (χ0n) is 37.2. The Kier molecular flexibility index (Phi) is 13.3. The number of aromatic hydroxyl groups is 2. The zero-order chi connectivity index (χ0) is 49.4. The molecule has 22 nitrogen and oxygen atoms in total. The number of nitrogens with one attached hydrogen (secondary N) is 2. The lowest BCUT2D eigenvalue weighted by molar-refractivity contribution is 0.373. The minimum absolute atomic E-state index is 0.172. The fourth-order valence-electron chi connectivity index (χ4n) is 7.33. The summed E-state index contributed by atoms with van der Waals surface area (Å²) in [4.78, 5) is 26.8. The number of azo groups is 2. The maximum absolute atomic E-state index is 10.7. The largest absolute Gasteiger partial charge is 0.507 e. The number of nitrogens with zero attached hydrogens (tertiary/aromatic N) is 10. The first kappa shape index (κ1) is 47.8. The van der Waals surface area contributed by atoms with Crippen molar-refractivity contribution in [1.29, 1.82) is 0 Å². The van der Waals surface area contributed by atoms with Crippen molar-refractivity contribution in [1.82, 2.24) is 29.9 Å². The van der Waals surface area contributed by atoms with E-state index in [4.69, 9.17) is 11.5 Å². The molecule has 6 aromatic carbocycles. The van der Waals surface area contributed by atoms with E-state index in [1.54, 1.807) is 62.4 Å². The van der Waals surface area contributed by atoms with Gasteiger partial charge in [-0.3, -0.25) is 0 Å². The Balaban J connectivity index is 0.898. The number of anilines is 6. The average molecular weight is 975 g/mol. The molecule has 356 valence electrons. The number of phenols is 2. The van der Waals surface area contributed by atoms with Crippen LogP contribution >= 0.6 is 21.7 Å². The minimum atomic E-state index is -4.06. The number of benzene rings is 6. The SMILES string of the molecule is Cc1nc(CCCc2nc(C)nc(Nc3ccc(N=Nc4c(N)ccc5cc(S(O)(O)O)cc(O)c45)c(C)c3)n2)nc(Nc2ccc(N=Nc3c(N)ccc4cc(S(O)(O)O)cc(O)c34)c(C)c2)n1. The number of fused-ring (bicyclic) bond motifs is 2. The third kappa shape index (κ3) is 11.0. The molecular formula is C45H46N14O8S2. The smallest absolute Gasteiger partial charge is 0.230 e. The Morgan fingerprint density at radius 3 is 1.28 bits per heavy atom. The van der Waals surface area contributed by atoms with Crippen LogP contribution in [0.25, 0.3) is 21.5 Å². The normalized spacial score (nSPS) is 12.7. The van der Waals surface area contributed by atoms with E-state index in [-0.39, 0.29) is 54.8 Å². The van der Waals surface area contributed by atoms with Crippen molar-refractivity contribution in [3.8, 4) is 11.5 Å². The van der Waals surface area contributed by atoms with E-state index in [9.17, 15) is 37.5 Å². The summed E-state index contributed by atoms with van der Waals surface area (Å²) >= 11 is 0. The summed E-state index contributed by atoms with van der Waals surface area (Å²) in [5, 5.41) is 46.5. The van der Waals surface area contributed by atoms with Crippen molar-refractivity contribution in [2.75, 3.05) is 22.1 Å². The molecule has 24 heteroatoms. The van der Waals surface area contributed by atoms with E-state index in [1.165, 1.54) is 12.1 Å². The lowest BCUT2D eigenvalue weighted by Crippen LogP contribution is -2.08. The van der Waals surface area contributed by atoms with E-state index in [1.807, 2.05) is 26.0 Å². The Morgan fingerprint density at radius 1 is 0.493 bits per heavy atom. The monoisotopic (exact) mass is 974 g/mol. The lowest BCUT2D eigenvalue weighted by Gasteiger charge is -2.20. The van der Waals surface area contributed by atoms with Gasteiger partial charge < -0.3 is 59.6 Å². The first-order valence-corrected chi connectivity index (χ1v) is 23.8. The van der Waals surface area contributed by atoms with E-state index in [2.05, 4.69) is 61.0 Å². The molecule has 0 spiro atoms. The van der Waals surface area contributed by atoms with Gasteiger partial charge in [-0.1, -0.05) is 12.1 Å². The van der Waals surface area contributed by atoms with Crippen LogP contribution in [-0.2, 0) is 12.8 Å². The van der Waals surface area contributed by atoms with Crippen LogP contribution in [-0.4, -0.2) is 67.4 Å². The molecule has 0 aliphatic carbocycles. The highest BCUT2D eigenvalue weighted by Gasteiger charge is 2.22. The molecule has 0 unspecified atom stereocenters. The van der Waals surface area contributed by atoms with E-state index < -0.39 is 21.7 Å². The molecule has 2 heterocycles. The molecule has 0 saturated carbocycles. The summed E-state index contributed by atoms with van der Waals surface area (Å²) in [6.45, 7) is 7.26. The predicted octanol–water partition coefficient (Wildman–Crippen LogP) is 11.8. The van der Waals surface area contributed by atoms with E-state index in [0.717, 1.165) is 23.3 Å². The number of rotatable bonds is 14. The van der Waals surface area contributed by atoms with Crippen LogP contribution in [0, 0.1) is 27.7 Å². The summed E-state index contributed by atoms with van der Waals surface area (Å²) in [5.41, 5.74) is 17.1. The summed E-state index contributed by atoms with van der Waals surface area (Å²) < 4.78 is 58.2. The Bertz CT molecular complexity index is 3150. The van der Waals surface area contributed by atoms with Crippen LogP contribution in [0.1, 0.15) is 40.8 Å². The van der Waals surface area contributed by atoms with Crippen molar-refractivity contribution < 1.29 is 37.5 Å². The molecule has 0 saturated heterocycles. The number of phenolic OH excluding ortho intramolecular Hbond substituents is 2. The van der Waals surface area contributed by atoms with Crippen molar-refractivity contribution in [2.24, 2.45) is 20.5 Å². The summed E-state index contributed by atoms with van der Waals surface area (Å²) in [6.07, 6.45) is 1.65. The molecule has 0 radical (unpaired) electrons. The molecule has 0 atom stereocenters. The molecule has 69 heavy (non-hydrogen) atoms. The number of aromatic nitrogens is 6. The fourth-order valence-corrected chi connectivity index (χ4v) is 8.44. The highest BCUT2D eigenvalue weighted by Crippen LogP contribution is 2.50. The van der Waals surface area contributed by atoms with Crippen LogP contribution in [0.5, 0.6) is 11.5 Å². The average Bonchev–Trinajstić information content (AvgIpc) is 3.26. The minimum Gasteiger partial charge on any atom is -0.507 e. The van der Waals surface area contributed by atoms with Crippen LogP contribution in [0.4, 0.5) is 57.4 Å². The quantitative estimate of drug-likeness (QED) is 0.0356. The lowest BCUT2D eigenvalue weighted by atomic mass is 10.1. The van der Waals surface area contributed by atoms with Gasteiger partial charge in [0.15, 0.2) is 0 Å². The van der Waals surface area contributed by atoms with Crippen molar-refractivity contribution in [3.63, 3.8) is 0 Å². The Labute approximate surface area is 396 Å². The van der Waals surface area contributed by atoms with Crippen LogP contribution in [0.2, 0.25) is 0 Å². The molecular weight excluding hydrogens is 929 g/mol. The zero-order valence-corrected chi connectivity index (χ0v) is 38.9. The van der Waals surface area contributed by atoms with Crippen LogP contribution in [0.3, 0.4) is 0 Å². The van der Waals surface area contributed by atoms with Gasteiger partial charge in [-0.25, -0.2) is 9.97 Å². The standard InChI is InChI=1S/C45H46N14O8S2/c1-22-16-28(10-14-34(22)56-58-42-32(46)12-8-26-18-30(68(62,63)64)20-36(60)40(26)42)52-44-50-24(3)48-38(54-44)6-5-7-39-49-25(4)51-45(55-39)53-29-11-15-35(23(2)17-29)57-59-43-33(47)13-9-27-19-31(69(65,66)67)21-37(61)41(27)43/h8-21,60-67H,5-7,46-47H2,1-4H3,(H,48,50,52,54)(H,49,51,53,55). The maximum Gasteiger partial charge on any atom is 0.230 e. The first-order valence-electron chi connectivity index (χ1n) is 20.8. The second-order valence-corrected chi connectivity index (χ2v) is 18.9. The molecule has 8 rings (SSSR count). The molecule has 0 aliphatic rings. The van der Waals surface area contributed by atoms with Crippen molar-refractivity contribution in [2.45, 2.75) is 56.7 Å². The molecule has 0 bridgehead atoms. The summed E-state index contributed by atoms with van der Waals surface area (Å²) in [6, 6.07) is 21.7. The van der Waals surface area contributed by atoms with Crippen LogP contribution in [0.15, 0.2) is 115 Å². The van der Waals surface area contributed by atoms with Gasteiger partial charge in [0.05, 0.1) is 43.3 Å². The number of hydrogen-bond donors (Lipinski definition) is 12. The number of nitrogens with two attached hydrogens (primary N) is 2. The summed E-state index contributed by atoms with van der Waals surface area (Å²) in [5.74, 6) is 2.21. The van der Waals surface area contributed by atoms with Gasteiger partial charge in [0.25, 0.3) is 0 Å². The van der Waals surface area contributed by atoms with Gasteiger partial charge in [0.2, 0.25) is 11.9 Å². The number of nitrogen functional groups attached to an aromatic ring is 2. The fraction of sp³-hybridized carbons (Fsp3) is 0.156. The highest BCUT2D eigenvalue weighted by atomic mass is 32.3. The van der Waals surface area contributed by atoms with Gasteiger partial charge in [-0.05, 0) is 129 Å². The third-order valence-electron chi connectivity index (χ3n) is 10.6. The van der Waals surface area contributed by atoms with Gasteiger partial charge >= 0.3 is 0 Å².